The predicted octanol–water partition coefficient (Wildman–Crippen LogP) is 2.60. The summed E-state index contributed by atoms with van der Waals surface area (Å²) in [5, 5.41) is 3.27. The first-order valence-corrected chi connectivity index (χ1v) is 4.14. The largest absolute Gasteiger partial charge is 0.334 e. The second-order valence-corrected chi connectivity index (χ2v) is 2.99. The highest BCUT2D eigenvalue weighted by Gasteiger charge is 2.24. The van der Waals surface area contributed by atoms with Crippen LogP contribution < -0.4 is 0 Å². The lowest BCUT2D eigenvalue weighted by atomic mass is 10.2. The Morgan fingerprint density at radius 3 is 2.06 bits per heavy atom. The van der Waals surface area contributed by atoms with E-state index >= 15 is 0 Å². The quantitative estimate of drug-likeness (QED) is 0.560. The molecule has 0 amide bonds. The highest BCUT2D eigenvalue weighted by atomic mass is 19.2. The van der Waals surface area contributed by atoms with Crippen LogP contribution in [0.2, 0.25) is 0 Å². The summed E-state index contributed by atoms with van der Waals surface area (Å²) in [6, 6.07) is 0.109. The SMILES string of the molecule is Cc1noc(-c2c(F)c(F)cc(F)c2F)n1. The summed E-state index contributed by atoms with van der Waals surface area (Å²) in [4.78, 5) is 3.49. The Kier molecular flexibility index (Phi) is 2.37. The summed E-state index contributed by atoms with van der Waals surface area (Å²) in [5.41, 5.74) is -1.00. The van der Waals surface area contributed by atoms with Gasteiger partial charge < -0.3 is 4.52 Å². The van der Waals surface area contributed by atoms with Crippen LogP contribution in [0, 0.1) is 30.2 Å². The Bertz CT molecular complexity index is 526. The van der Waals surface area contributed by atoms with Crippen molar-refractivity contribution in [1.82, 2.24) is 10.1 Å². The fourth-order valence-corrected chi connectivity index (χ4v) is 1.16. The van der Waals surface area contributed by atoms with Gasteiger partial charge in [-0.15, -0.1) is 0 Å². The second-order valence-electron chi connectivity index (χ2n) is 2.99. The van der Waals surface area contributed by atoms with E-state index in [2.05, 4.69) is 14.7 Å². The molecule has 0 radical (unpaired) electrons. The number of hydrogen-bond donors (Lipinski definition) is 0. The van der Waals surface area contributed by atoms with Gasteiger partial charge in [0.15, 0.2) is 29.1 Å². The smallest absolute Gasteiger partial charge is 0.264 e. The molecule has 0 saturated heterocycles. The minimum absolute atomic E-state index is 0.0958. The van der Waals surface area contributed by atoms with Gasteiger partial charge in [0.2, 0.25) is 0 Å². The minimum Gasteiger partial charge on any atom is -0.334 e. The number of halogens is 4. The summed E-state index contributed by atoms with van der Waals surface area (Å²) >= 11 is 0. The minimum atomic E-state index is -1.57. The number of benzene rings is 1. The van der Waals surface area contributed by atoms with Crippen molar-refractivity contribution >= 4 is 0 Å². The van der Waals surface area contributed by atoms with Crippen LogP contribution in [0.1, 0.15) is 5.82 Å². The highest BCUT2D eigenvalue weighted by molar-refractivity contribution is 5.55. The van der Waals surface area contributed by atoms with Gasteiger partial charge in [-0.1, -0.05) is 5.16 Å². The van der Waals surface area contributed by atoms with Gasteiger partial charge >= 0.3 is 0 Å². The third-order valence-electron chi connectivity index (χ3n) is 1.85. The lowest BCUT2D eigenvalue weighted by Crippen LogP contribution is -1.98. The monoisotopic (exact) mass is 232 g/mol. The zero-order valence-corrected chi connectivity index (χ0v) is 7.89. The van der Waals surface area contributed by atoms with Crippen LogP contribution in [-0.2, 0) is 0 Å². The first-order chi connectivity index (χ1) is 7.50. The van der Waals surface area contributed by atoms with Crippen molar-refractivity contribution in [1.29, 1.82) is 0 Å². The summed E-state index contributed by atoms with van der Waals surface area (Å²) in [5.74, 6) is -6.69. The van der Waals surface area contributed by atoms with Crippen molar-refractivity contribution in [2.45, 2.75) is 6.92 Å². The molecule has 0 saturated carbocycles. The van der Waals surface area contributed by atoms with Gasteiger partial charge in [-0.2, -0.15) is 4.98 Å². The van der Waals surface area contributed by atoms with E-state index < -0.39 is 34.7 Å². The van der Waals surface area contributed by atoms with Crippen LogP contribution in [0.25, 0.3) is 11.5 Å². The summed E-state index contributed by atoms with van der Waals surface area (Å²) in [7, 11) is 0. The fraction of sp³-hybridized carbons (Fsp3) is 0.111. The molecule has 1 aromatic carbocycles. The molecule has 0 fully saturated rings. The molecule has 3 nitrogen and oxygen atoms in total. The Morgan fingerprint density at radius 1 is 1.06 bits per heavy atom. The van der Waals surface area contributed by atoms with E-state index in [1.165, 1.54) is 6.92 Å². The van der Waals surface area contributed by atoms with Gasteiger partial charge in [-0.3, -0.25) is 0 Å². The molecule has 0 aliphatic rings. The van der Waals surface area contributed by atoms with Crippen LogP contribution in [-0.4, -0.2) is 10.1 Å². The van der Waals surface area contributed by atoms with E-state index in [0.717, 1.165) is 0 Å². The van der Waals surface area contributed by atoms with Crippen LogP contribution in [0.4, 0.5) is 17.6 Å². The lowest BCUT2D eigenvalue weighted by Gasteiger charge is -2.01. The van der Waals surface area contributed by atoms with E-state index in [4.69, 9.17) is 0 Å². The zero-order valence-electron chi connectivity index (χ0n) is 7.89. The maximum absolute atomic E-state index is 13.2. The number of hydrogen-bond acceptors (Lipinski definition) is 3. The Balaban J connectivity index is 2.73. The topological polar surface area (TPSA) is 38.9 Å². The first kappa shape index (κ1) is 10.6. The number of aryl methyl sites for hydroxylation is 1. The molecule has 1 heterocycles. The standard InChI is InChI=1S/C9H4F4N2O/c1-3-14-9(16-15-3)6-7(12)4(10)2-5(11)8(6)13/h2H,1H3. The maximum Gasteiger partial charge on any atom is 0.264 e. The normalized spacial score (nSPS) is 10.8. The molecule has 0 atom stereocenters. The molecule has 2 aromatic rings. The van der Waals surface area contributed by atoms with Crippen molar-refractivity contribution in [2.24, 2.45) is 0 Å². The van der Waals surface area contributed by atoms with Crippen molar-refractivity contribution in [3.63, 3.8) is 0 Å². The second kappa shape index (κ2) is 3.58. The third kappa shape index (κ3) is 1.54. The van der Waals surface area contributed by atoms with Crippen LogP contribution in [0.15, 0.2) is 10.6 Å². The predicted molar refractivity (Wildman–Crippen MR) is 44.3 cm³/mol. The van der Waals surface area contributed by atoms with Gasteiger partial charge in [-0.25, -0.2) is 17.6 Å². The Hall–Kier alpha value is -1.92. The van der Waals surface area contributed by atoms with Crippen molar-refractivity contribution < 1.29 is 22.1 Å². The molecule has 1 aromatic heterocycles. The van der Waals surface area contributed by atoms with E-state index in [1.54, 1.807) is 0 Å². The summed E-state index contributed by atoms with van der Waals surface area (Å²) in [6.45, 7) is 1.40. The van der Waals surface area contributed by atoms with E-state index in [-0.39, 0.29) is 11.9 Å². The van der Waals surface area contributed by atoms with E-state index in [0.29, 0.717) is 0 Å². The molecule has 2 rings (SSSR count). The van der Waals surface area contributed by atoms with Crippen molar-refractivity contribution in [3.8, 4) is 11.5 Å². The van der Waals surface area contributed by atoms with Crippen LogP contribution in [0.3, 0.4) is 0 Å². The number of nitrogens with zero attached hydrogens (tertiary/aromatic N) is 2. The molecule has 7 heteroatoms. The molecule has 0 unspecified atom stereocenters. The molecule has 0 spiro atoms. The van der Waals surface area contributed by atoms with Gasteiger partial charge in [0.1, 0.15) is 5.56 Å². The number of rotatable bonds is 1. The van der Waals surface area contributed by atoms with Crippen molar-refractivity contribution in [2.75, 3.05) is 0 Å². The fourth-order valence-electron chi connectivity index (χ4n) is 1.16. The molecule has 0 N–H and O–H groups in total. The van der Waals surface area contributed by atoms with E-state index in [9.17, 15) is 17.6 Å². The average molecular weight is 232 g/mol. The van der Waals surface area contributed by atoms with Crippen LogP contribution in [0.5, 0.6) is 0 Å². The number of aromatic nitrogens is 2. The Labute approximate surface area is 86.7 Å². The summed E-state index contributed by atoms with van der Waals surface area (Å²) < 4.78 is 56.6. The zero-order chi connectivity index (χ0) is 11.9. The van der Waals surface area contributed by atoms with Gasteiger partial charge in [0, 0.05) is 6.07 Å². The van der Waals surface area contributed by atoms with E-state index in [1.807, 2.05) is 0 Å². The molecular weight excluding hydrogens is 228 g/mol. The summed E-state index contributed by atoms with van der Waals surface area (Å²) in [6.07, 6.45) is 0. The molecule has 0 aliphatic heterocycles. The molecule has 84 valence electrons. The third-order valence-corrected chi connectivity index (χ3v) is 1.85. The maximum atomic E-state index is 13.2. The van der Waals surface area contributed by atoms with Gasteiger partial charge in [-0.05, 0) is 6.92 Å². The highest BCUT2D eigenvalue weighted by Crippen LogP contribution is 2.28. The van der Waals surface area contributed by atoms with Gasteiger partial charge in [0.05, 0.1) is 0 Å². The Morgan fingerprint density at radius 2 is 1.62 bits per heavy atom. The van der Waals surface area contributed by atoms with Crippen molar-refractivity contribution in [3.05, 3.63) is 35.2 Å². The van der Waals surface area contributed by atoms with Gasteiger partial charge in [0.25, 0.3) is 5.89 Å². The molecule has 0 aliphatic carbocycles. The molecule has 16 heavy (non-hydrogen) atoms. The average Bonchev–Trinajstić information content (AvgIpc) is 2.62. The molecular formula is C9H4F4N2O. The lowest BCUT2D eigenvalue weighted by molar-refractivity contribution is 0.409. The molecule has 0 bridgehead atoms. The van der Waals surface area contributed by atoms with Crippen LogP contribution >= 0.6 is 0 Å². The first-order valence-electron chi connectivity index (χ1n) is 4.14.